The van der Waals surface area contributed by atoms with E-state index in [2.05, 4.69) is 18.7 Å². The van der Waals surface area contributed by atoms with E-state index in [1.165, 1.54) is 0 Å². The van der Waals surface area contributed by atoms with Gasteiger partial charge in [-0.3, -0.25) is 0 Å². The fraction of sp³-hybridized carbons (Fsp3) is 0.455. The standard InChI is InChI=1S/C11H18N2O/c1-8(2)13(3)11-6-5-9(14-4)7-10(11)12/h5-8H,12H2,1-4H3. The highest BCUT2D eigenvalue weighted by Crippen LogP contribution is 2.27. The van der Waals surface area contributed by atoms with Crippen molar-refractivity contribution in [3.8, 4) is 5.75 Å². The molecular formula is C11H18N2O. The minimum atomic E-state index is 0.436. The van der Waals surface area contributed by atoms with Crippen molar-refractivity contribution in [2.45, 2.75) is 19.9 Å². The molecule has 0 unspecified atom stereocenters. The molecule has 0 spiro atoms. The van der Waals surface area contributed by atoms with Gasteiger partial charge in [0, 0.05) is 19.2 Å². The van der Waals surface area contributed by atoms with E-state index in [-0.39, 0.29) is 0 Å². The SMILES string of the molecule is COc1ccc(N(C)C(C)C)c(N)c1. The number of hydrogen-bond donors (Lipinski definition) is 1. The summed E-state index contributed by atoms with van der Waals surface area (Å²) in [6, 6.07) is 6.18. The highest BCUT2D eigenvalue weighted by Gasteiger charge is 2.08. The third-order valence-electron chi connectivity index (χ3n) is 2.39. The molecule has 2 N–H and O–H groups in total. The topological polar surface area (TPSA) is 38.5 Å². The molecule has 0 radical (unpaired) electrons. The van der Waals surface area contributed by atoms with Crippen LogP contribution in [0.4, 0.5) is 11.4 Å². The summed E-state index contributed by atoms with van der Waals surface area (Å²) < 4.78 is 5.09. The summed E-state index contributed by atoms with van der Waals surface area (Å²) in [6.45, 7) is 4.26. The summed E-state index contributed by atoms with van der Waals surface area (Å²) in [6.07, 6.45) is 0. The lowest BCUT2D eigenvalue weighted by molar-refractivity contribution is 0.415. The number of methoxy groups -OCH3 is 1. The predicted molar refractivity (Wildman–Crippen MR) is 60.9 cm³/mol. The number of ether oxygens (including phenoxy) is 1. The smallest absolute Gasteiger partial charge is 0.121 e. The van der Waals surface area contributed by atoms with Gasteiger partial charge in [0.25, 0.3) is 0 Å². The summed E-state index contributed by atoms with van der Waals surface area (Å²) in [5.41, 5.74) is 7.71. The van der Waals surface area contributed by atoms with Gasteiger partial charge in [0.15, 0.2) is 0 Å². The van der Waals surface area contributed by atoms with Gasteiger partial charge < -0.3 is 15.4 Å². The number of benzene rings is 1. The number of anilines is 2. The molecule has 1 aromatic carbocycles. The van der Waals surface area contributed by atoms with Crippen LogP contribution in [-0.2, 0) is 0 Å². The van der Waals surface area contributed by atoms with Crippen molar-refractivity contribution in [1.29, 1.82) is 0 Å². The molecule has 0 aliphatic carbocycles. The third kappa shape index (κ3) is 2.10. The number of hydrogen-bond acceptors (Lipinski definition) is 3. The lowest BCUT2D eigenvalue weighted by Crippen LogP contribution is -2.26. The van der Waals surface area contributed by atoms with Crippen molar-refractivity contribution >= 4 is 11.4 Å². The van der Waals surface area contributed by atoms with E-state index in [4.69, 9.17) is 10.5 Å². The zero-order chi connectivity index (χ0) is 10.7. The molecule has 3 nitrogen and oxygen atoms in total. The summed E-state index contributed by atoms with van der Waals surface area (Å²) >= 11 is 0. The molecule has 0 aliphatic rings. The molecule has 0 saturated carbocycles. The Morgan fingerprint density at radius 3 is 2.43 bits per heavy atom. The van der Waals surface area contributed by atoms with E-state index in [1.807, 2.05) is 25.2 Å². The van der Waals surface area contributed by atoms with E-state index in [0.717, 1.165) is 17.1 Å². The Morgan fingerprint density at radius 1 is 1.36 bits per heavy atom. The minimum absolute atomic E-state index is 0.436. The Morgan fingerprint density at radius 2 is 2.00 bits per heavy atom. The molecule has 3 heteroatoms. The van der Waals surface area contributed by atoms with Crippen molar-refractivity contribution in [2.24, 2.45) is 0 Å². The van der Waals surface area contributed by atoms with Gasteiger partial charge in [0.2, 0.25) is 0 Å². The van der Waals surface area contributed by atoms with Crippen LogP contribution >= 0.6 is 0 Å². The van der Waals surface area contributed by atoms with E-state index >= 15 is 0 Å². The first-order chi connectivity index (χ1) is 6.56. The Balaban J connectivity index is 2.99. The van der Waals surface area contributed by atoms with Gasteiger partial charge in [-0.15, -0.1) is 0 Å². The fourth-order valence-electron chi connectivity index (χ4n) is 1.26. The second-order valence-corrected chi connectivity index (χ2v) is 3.63. The summed E-state index contributed by atoms with van der Waals surface area (Å²) in [7, 11) is 3.67. The first-order valence-corrected chi connectivity index (χ1v) is 4.72. The van der Waals surface area contributed by atoms with Crippen LogP contribution in [-0.4, -0.2) is 20.2 Å². The Kier molecular flexibility index (Phi) is 3.23. The molecule has 0 aromatic heterocycles. The molecular weight excluding hydrogens is 176 g/mol. The van der Waals surface area contributed by atoms with Gasteiger partial charge in [-0.05, 0) is 26.0 Å². The molecule has 0 aliphatic heterocycles. The summed E-state index contributed by atoms with van der Waals surface area (Å²) in [5.74, 6) is 0.795. The lowest BCUT2D eigenvalue weighted by Gasteiger charge is -2.25. The van der Waals surface area contributed by atoms with Gasteiger partial charge >= 0.3 is 0 Å². The maximum absolute atomic E-state index is 5.91. The predicted octanol–water partition coefficient (Wildman–Crippen LogP) is 2.12. The van der Waals surface area contributed by atoms with Crippen molar-refractivity contribution in [1.82, 2.24) is 0 Å². The maximum atomic E-state index is 5.91. The molecule has 0 amide bonds. The molecule has 1 rings (SSSR count). The van der Waals surface area contributed by atoms with E-state index < -0.39 is 0 Å². The van der Waals surface area contributed by atoms with Crippen molar-refractivity contribution in [3.63, 3.8) is 0 Å². The van der Waals surface area contributed by atoms with Crippen molar-refractivity contribution in [3.05, 3.63) is 18.2 Å². The first kappa shape index (κ1) is 10.7. The van der Waals surface area contributed by atoms with Gasteiger partial charge in [-0.25, -0.2) is 0 Å². The molecule has 0 saturated heterocycles. The summed E-state index contributed by atoms with van der Waals surface area (Å²) in [4.78, 5) is 2.13. The number of nitrogen functional groups attached to an aromatic ring is 1. The molecule has 1 aromatic rings. The molecule has 0 fully saturated rings. The van der Waals surface area contributed by atoms with Crippen LogP contribution in [0.5, 0.6) is 5.75 Å². The average Bonchev–Trinajstić information content (AvgIpc) is 2.16. The Labute approximate surface area is 85.5 Å². The zero-order valence-electron chi connectivity index (χ0n) is 9.24. The van der Waals surface area contributed by atoms with E-state index in [1.54, 1.807) is 7.11 Å². The Bertz CT molecular complexity index is 310. The molecule has 0 bridgehead atoms. The fourth-order valence-corrected chi connectivity index (χ4v) is 1.26. The number of rotatable bonds is 3. The van der Waals surface area contributed by atoms with Crippen molar-refractivity contribution in [2.75, 3.05) is 24.8 Å². The lowest BCUT2D eigenvalue weighted by atomic mass is 10.2. The maximum Gasteiger partial charge on any atom is 0.121 e. The van der Waals surface area contributed by atoms with Crippen LogP contribution < -0.4 is 15.4 Å². The Hall–Kier alpha value is -1.38. The van der Waals surface area contributed by atoms with Crippen LogP contribution in [0.2, 0.25) is 0 Å². The molecule has 0 atom stereocenters. The van der Waals surface area contributed by atoms with Crippen LogP contribution in [0, 0.1) is 0 Å². The second-order valence-electron chi connectivity index (χ2n) is 3.63. The largest absolute Gasteiger partial charge is 0.497 e. The van der Waals surface area contributed by atoms with E-state index in [9.17, 15) is 0 Å². The van der Waals surface area contributed by atoms with Crippen molar-refractivity contribution < 1.29 is 4.74 Å². The highest BCUT2D eigenvalue weighted by atomic mass is 16.5. The highest BCUT2D eigenvalue weighted by molar-refractivity contribution is 5.69. The van der Waals surface area contributed by atoms with Crippen LogP contribution in [0.1, 0.15) is 13.8 Å². The number of nitrogens with two attached hydrogens (primary N) is 1. The van der Waals surface area contributed by atoms with E-state index in [0.29, 0.717) is 6.04 Å². The summed E-state index contributed by atoms with van der Waals surface area (Å²) in [5, 5.41) is 0. The van der Waals surface area contributed by atoms with Gasteiger partial charge in [0.05, 0.1) is 18.5 Å². The van der Waals surface area contributed by atoms with Crippen LogP contribution in [0.3, 0.4) is 0 Å². The molecule has 78 valence electrons. The monoisotopic (exact) mass is 194 g/mol. The number of nitrogens with zero attached hydrogens (tertiary/aromatic N) is 1. The van der Waals surface area contributed by atoms with Gasteiger partial charge in [-0.2, -0.15) is 0 Å². The van der Waals surface area contributed by atoms with Crippen LogP contribution in [0.25, 0.3) is 0 Å². The zero-order valence-corrected chi connectivity index (χ0v) is 9.24. The molecule has 14 heavy (non-hydrogen) atoms. The normalized spacial score (nSPS) is 10.4. The quantitative estimate of drug-likeness (QED) is 0.749. The third-order valence-corrected chi connectivity index (χ3v) is 2.39. The molecule has 0 heterocycles. The van der Waals surface area contributed by atoms with Crippen LogP contribution in [0.15, 0.2) is 18.2 Å². The average molecular weight is 194 g/mol. The first-order valence-electron chi connectivity index (χ1n) is 4.72. The van der Waals surface area contributed by atoms with Gasteiger partial charge in [0.1, 0.15) is 5.75 Å². The minimum Gasteiger partial charge on any atom is -0.497 e. The van der Waals surface area contributed by atoms with Gasteiger partial charge in [-0.1, -0.05) is 0 Å². The second kappa shape index (κ2) is 4.22.